The third-order valence-corrected chi connectivity index (χ3v) is 2.75. The Balaban J connectivity index is 2.54. The summed E-state index contributed by atoms with van der Waals surface area (Å²) in [5, 5.41) is 0.461. The topological polar surface area (TPSA) is 44.2 Å². The van der Waals surface area contributed by atoms with E-state index < -0.39 is 0 Å². The summed E-state index contributed by atoms with van der Waals surface area (Å²) in [5.74, 6) is 1.68. The van der Waals surface area contributed by atoms with E-state index >= 15 is 0 Å². The molecule has 1 heterocycles. The molecule has 0 aliphatic heterocycles. The highest BCUT2D eigenvalue weighted by molar-refractivity contribution is 6.35. The summed E-state index contributed by atoms with van der Waals surface area (Å²) in [6.07, 6.45) is 3.34. The number of aromatic nitrogens is 2. The number of methoxy groups -OCH3 is 1. The van der Waals surface area contributed by atoms with Crippen molar-refractivity contribution in [3.8, 4) is 22.9 Å². The third-order valence-electron chi connectivity index (χ3n) is 2.38. The first-order valence-electron chi connectivity index (χ1n) is 5.54. The maximum atomic E-state index is 6.32. The zero-order valence-electron chi connectivity index (χ0n) is 10.2. The van der Waals surface area contributed by atoms with E-state index in [1.54, 1.807) is 31.6 Å². The molecule has 0 radical (unpaired) electrons. The van der Waals surface area contributed by atoms with Crippen molar-refractivity contribution >= 4 is 11.6 Å². The fraction of sp³-hybridized carbons (Fsp3) is 0.231. The van der Waals surface area contributed by atoms with Crippen molar-refractivity contribution < 1.29 is 9.47 Å². The molecule has 0 spiro atoms. The summed E-state index contributed by atoms with van der Waals surface area (Å²) in [6, 6.07) is 5.37. The first-order valence-corrected chi connectivity index (χ1v) is 5.92. The second kappa shape index (κ2) is 5.69. The molecule has 0 amide bonds. The lowest BCUT2D eigenvalue weighted by Crippen LogP contribution is -1.98. The van der Waals surface area contributed by atoms with Gasteiger partial charge in [-0.1, -0.05) is 11.6 Å². The minimum Gasteiger partial charge on any atom is -0.493 e. The fourth-order valence-electron chi connectivity index (χ4n) is 1.59. The van der Waals surface area contributed by atoms with Gasteiger partial charge in [0.1, 0.15) is 0 Å². The quantitative estimate of drug-likeness (QED) is 0.851. The van der Waals surface area contributed by atoms with Gasteiger partial charge in [0.25, 0.3) is 0 Å². The monoisotopic (exact) mass is 264 g/mol. The molecule has 2 rings (SSSR count). The molecule has 0 aliphatic carbocycles. The molecule has 0 N–H and O–H groups in total. The van der Waals surface area contributed by atoms with Crippen LogP contribution in [0.4, 0.5) is 0 Å². The maximum Gasteiger partial charge on any atom is 0.180 e. The van der Waals surface area contributed by atoms with E-state index in [9.17, 15) is 0 Å². The Morgan fingerprint density at radius 1 is 1.22 bits per heavy atom. The Hall–Kier alpha value is -1.81. The molecule has 2 aromatic rings. The summed E-state index contributed by atoms with van der Waals surface area (Å²) in [5.41, 5.74) is 0.724. The van der Waals surface area contributed by atoms with Gasteiger partial charge in [-0.05, 0) is 25.1 Å². The van der Waals surface area contributed by atoms with Crippen LogP contribution in [0.5, 0.6) is 11.5 Å². The number of benzene rings is 1. The Morgan fingerprint density at radius 3 is 2.56 bits per heavy atom. The Bertz CT molecular complexity index is 532. The number of rotatable bonds is 4. The van der Waals surface area contributed by atoms with Gasteiger partial charge in [0, 0.05) is 18.0 Å². The van der Waals surface area contributed by atoms with Crippen LogP contribution < -0.4 is 9.47 Å². The first kappa shape index (κ1) is 12.6. The molecule has 0 fully saturated rings. The van der Waals surface area contributed by atoms with Gasteiger partial charge in [-0.2, -0.15) is 0 Å². The van der Waals surface area contributed by atoms with Crippen molar-refractivity contribution in [1.29, 1.82) is 0 Å². The fourth-order valence-corrected chi connectivity index (χ4v) is 1.88. The predicted octanol–water partition coefficient (Wildman–Crippen LogP) is 3.20. The van der Waals surface area contributed by atoms with Crippen molar-refractivity contribution in [3.05, 3.63) is 35.6 Å². The van der Waals surface area contributed by atoms with E-state index in [2.05, 4.69) is 9.97 Å². The van der Waals surface area contributed by atoms with Gasteiger partial charge in [-0.25, -0.2) is 9.97 Å². The standard InChI is InChI=1S/C13H13ClN2O2/c1-3-18-12-10(17-2)6-5-9(11(12)14)13-15-7-4-8-16-13/h4-8H,3H2,1-2H3. The van der Waals surface area contributed by atoms with E-state index in [0.717, 1.165) is 5.56 Å². The highest BCUT2D eigenvalue weighted by Gasteiger charge is 2.16. The molecule has 0 atom stereocenters. The Morgan fingerprint density at radius 2 is 1.94 bits per heavy atom. The molecular weight excluding hydrogens is 252 g/mol. The lowest BCUT2D eigenvalue weighted by molar-refractivity contribution is 0.311. The SMILES string of the molecule is CCOc1c(OC)ccc(-c2ncccn2)c1Cl. The molecule has 0 aliphatic rings. The van der Waals surface area contributed by atoms with E-state index in [-0.39, 0.29) is 0 Å². The average Bonchev–Trinajstić information content (AvgIpc) is 2.42. The van der Waals surface area contributed by atoms with Gasteiger partial charge in [0.2, 0.25) is 0 Å². The molecule has 0 saturated carbocycles. The summed E-state index contributed by atoms with van der Waals surface area (Å²) in [6.45, 7) is 2.40. The molecule has 4 nitrogen and oxygen atoms in total. The second-order valence-electron chi connectivity index (χ2n) is 3.46. The molecule has 18 heavy (non-hydrogen) atoms. The minimum atomic E-state index is 0.461. The van der Waals surface area contributed by atoms with Crippen LogP contribution >= 0.6 is 11.6 Å². The number of hydrogen-bond acceptors (Lipinski definition) is 4. The summed E-state index contributed by atoms with van der Waals surface area (Å²) in [7, 11) is 1.58. The summed E-state index contributed by atoms with van der Waals surface area (Å²) in [4.78, 5) is 8.35. The smallest absolute Gasteiger partial charge is 0.180 e. The van der Waals surface area contributed by atoms with Crippen molar-refractivity contribution in [1.82, 2.24) is 9.97 Å². The van der Waals surface area contributed by atoms with Gasteiger partial charge in [0.05, 0.1) is 18.7 Å². The summed E-state index contributed by atoms with van der Waals surface area (Å²) >= 11 is 6.32. The van der Waals surface area contributed by atoms with Crippen molar-refractivity contribution in [3.63, 3.8) is 0 Å². The molecule has 5 heteroatoms. The number of halogens is 1. The number of hydrogen-bond donors (Lipinski definition) is 0. The van der Waals surface area contributed by atoms with Crippen LogP contribution in [0.25, 0.3) is 11.4 Å². The van der Waals surface area contributed by atoms with E-state index in [1.807, 2.05) is 13.0 Å². The van der Waals surface area contributed by atoms with Crippen LogP contribution in [0.3, 0.4) is 0 Å². The Labute approximate surface area is 111 Å². The van der Waals surface area contributed by atoms with Crippen LogP contribution in [-0.4, -0.2) is 23.7 Å². The van der Waals surface area contributed by atoms with Crippen molar-refractivity contribution in [2.45, 2.75) is 6.92 Å². The average molecular weight is 265 g/mol. The van der Waals surface area contributed by atoms with E-state index in [0.29, 0.717) is 29.0 Å². The normalized spacial score (nSPS) is 10.2. The Kier molecular flexibility index (Phi) is 3.99. The second-order valence-corrected chi connectivity index (χ2v) is 3.84. The third kappa shape index (κ3) is 2.38. The zero-order chi connectivity index (χ0) is 13.0. The lowest BCUT2D eigenvalue weighted by Gasteiger charge is -2.13. The lowest BCUT2D eigenvalue weighted by atomic mass is 10.2. The minimum absolute atomic E-state index is 0.461. The highest BCUT2D eigenvalue weighted by atomic mass is 35.5. The predicted molar refractivity (Wildman–Crippen MR) is 70.2 cm³/mol. The molecule has 1 aromatic carbocycles. The van der Waals surface area contributed by atoms with Crippen LogP contribution in [0.15, 0.2) is 30.6 Å². The van der Waals surface area contributed by atoms with Crippen LogP contribution in [0.2, 0.25) is 5.02 Å². The largest absolute Gasteiger partial charge is 0.493 e. The van der Waals surface area contributed by atoms with Crippen molar-refractivity contribution in [2.24, 2.45) is 0 Å². The maximum absolute atomic E-state index is 6.32. The van der Waals surface area contributed by atoms with Gasteiger partial charge < -0.3 is 9.47 Å². The number of nitrogens with zero attached hydrogens (tertiary/aromatic N) is 2. The first-order chi connectivity index (χ1) is 8.77. The zero-order valence-corrected chi connectivity index (χ0v) is 10.9. The van der Waals surface area contributed by atoms with E-state index in [1.165, 1.54) is 0 Å². The highest BCUT2D eigenvalue weighted by Crippen LogP contribution is 2.40. The molecule has 94 valence electrons. The summed E-state index contributed by atoms with van der Waals surface area (Å²) < 4.78 is 10.7. The van der Waals surface area contributed by atoms with Gasteiger partial charge in [-0.3, -0.25) is 0 Å². The van der Waals surface area contributed by atoms with Crippen molar-refractivity contribution in [2.75, 3.05) is 13.7 Å². The molecule has 0 saturated heterocycles. The van der Waals surface area contributed by atoms with Gasteiger partial charge in [0.15, 0.2) is 17.3 Å². The van der Waals surface area contributed by atoms with Crippen LogP contribution in [-0.2, 0) is 0 Å². The molecular formula is C13H13ClN2O2. The number of ether oxygens (including phenoxy) is 2. The van der Waals surface area contributed by atoms with E-state index in [4.69, 9.17) is 21.1 Å². The van der Waals surface area contributed by atoms with Gasteiger partial charge in [-0.15, -0.1) is 0 Å². The van der Waals surface area contributed by atoms with Crippen LogP contribution in [0.1, 0.15) is 6.92 Å². The van der Waals surface area contributed by atoms with Crippen LogP contribution in [0, 0.1) is 0 Å². The molecule has 0 bridgehead atoms. The molecule has 1 aromatic heterocycles. The molecule has 0 unspecified atom stereocenters. The van der Waals surface area contributed by atoms with Gasteiger partial charge >= 0.3 is 0 Å².